The van der Waals surface area contributed by atoms with E-state index < -0.39 is 4.92 Å². The molecular formula is C22H17N3O4. The molecule has 0 unspecified atom stereocenters. The third kappa shape index (κ3) is 4.14. The molecule has 0 saturated heterocycles. The number of nitrogens with zero attached hydrogens (tertiary/aromatic N) is 2. The monoisotopic (exact) mass is 387 g/mol. The normalized spacial score (nSPS) is 10.8. The molecule has 7 heteroatoms. The largest absolute Gasteiger partial charge is 0.436 e. The lowest BCUT2D eigenvalue weighted by atomic mass is 10.1. The number of aromatic nitrogens is 1. The van der Waals surface area contributed by atoms with E-state index in [0.29, 0.717) is 41.1 Å². The van der Waals surface area contributed by atoms with E-state index in [9.17, 15) is 14.9 Å². The average molecular weight is 387 g/mol. The van der Waals surface area contributed by atoms with Crippen LogP contribution < -0.4 is 5.32 Å². The fourth-order valence-corrected chi connectivity index (χ4v) is 3.04. The highest BCUT2D eigenvalue weighted by Crippen LogP contribution is 2.31. The van der Waals surface area contributed by atoms with Crippen LogP contribution in [0.4, 0.5) is 11.4 Å². The molecule has 0 aliphatic carbocycles. The number of amides is 1. The van der Waals surface area contributed by atoms with Crippen molar-refractivity contribution < 1.29 is 14.1 Å². The second-order valence-electron chi connectivity index (χ2n) is 6.51. The van der Waals surface area contributed by atoms with Crippen LogP contribution in [0.5, 0.6) is 0 Å². The Labute approximate surface area is 166 Å². The zero-order valence-electron chi connectivity index (χ0n) is 15.4. The van der Waals surface area contributed by atoms with Crippen LogP contribution >= 0.6 is 0 Å². The molecule has 1 N–H and O–H groups in total. The maximum Gasteiger partial charge on any atom is 0.273 e. The number of fused-ring (bicyclic) bond motifs is 1. The summed E-state index contributed by atoms with van der Waals surface area (Å²) in [6, 6.07) is 21.2. The highest BCUT2D eigenvalue weighted by molar-refractivity contribution is 5.95. The third-order valence-corrected chi connectivity index (χ3v) is 4.50. The number of hydrogen-bond donors (Lipinski definition) is 1. The Bertz CT molecular complexity index is 1190. The number of anilines is 1. The van der Waals surface area contributed by atoms with Gasteiger partial charge in [0.1, 0.15) is 5.52 Å². The van der Waals surface area contributed by atoms with E-state index in [4.69, 9.17) is 4.42 Å². The lowest BCUT2D eigenvalue weighted by Crippen LogP contribution is -2.13. The van der Waals surface area contributed by atoms with E-state index in [1.807, 2.05) is 42.5 Å². The molecular weight excluding hydrogens is 370 g/mol. The van der Waals surface area contributed by atoms with Crippen LogP contribution in [-0.2, 0) is 11.2 Å². The maximum absolute atomic E-state index is 12.4. The van der Waals surface area contributed by atoms with Crippen molar-refractivity contribution in [3.63, 3.8) is 0 Å². The molecule has 0 aliphatic rings. The molecule has 0 spiro atoms. The molecule has 0 bridgehead atoms. The SMILES string of the molecule is O=C(CCc1ccccc1)Nc1ccccc1-c1nc2ccc([N+](=O)[O-])cc2o1. The number of carbonyl (C=O) groups excluding carboxylic acids is 1. The van der Waals surface area contributed by atoms with Crippen LogP contribution in [0.2, 0.25) is 0 Å². The number of para-hydroxylation sites is 1. The molecule has 1 amide bonds. The predicted molar refractivity (Wildman–Crippen MR) is 109 cm³/mol. The lowest BCUT2D eigenvalue weighted by molar-refractivity contribution is -0.384. The summed E-state index contributed by atoms with van der Waals surface area (Å²) in [5, 5.41) is 13.9. The summed E-state index contributed by atoms with van der Waals surface area (Å²) < 4.78 is 5.73. The number of rotatable bonds is 6. The highest BCUT2D eigenvalue weighted by Gasteiger charge is 2.16. The minimum atomic E-state index is -0.484. The Morgan fingerprint density at radius 3 is 2.59 bits per heavy atom. The van der Waals surface area contributed by atoms with Gasteiger partial charge >= 0.3 is 0 Å². The number of oxazole rings is 1. The molecule has 3 aromatic carbocycles. The van der Waals surface area contributed by atoms with Crippen LogP contribution in [0.1, 0.15) is 12.0 Å². The van der Waals surface area contributed by atoms with Gasteiger partial charge in [0.05, 0.1) is 22.2 Å². The first-order valence-electron chi connectivity index (χ1n) is 9.08. The van der Waals surface area contributed by atoms with Crippen molar-refractivity contribution in [2.45, 2.75) is 12.8 Å². The first-order valence-corrected chi connectivity index (χ1v) is 9.08. The van der Waals surface area contributed by atoms with Gasteiger partial charge in [0, 0.05) is 12.5 Å². The summed E-state index contributed by atoms with van der Waals surface area (Å²) in [5.41, 5.74) is 3.04. The first kappa shape index (κ1) is 18.4. The van der Waals surface area contributed by atoms with E-state index in [1.165, 1.54) is 12.1 Å². The van der Waals surface area contributed by atoms with Gasteiger partial charge in [-0.1, -0.05) is 42.5 Å². The topological polar surface area (TPSA) is 98.3 Å². The molecule has 1 aromatic heterocycles. The van der Waals surface area contributed by atoms with Crippen molar-refractivity contribution in [1.82, 2.24) is 4.98 Å². The first-order chi connectivity index (χ1) is 14.1. The molecule has 4 rings (SSSR count). The molecule has 29 heavy (non-hydrogen) atoms. The van der Waals surface area contributed by atoms with Gasteiger partial charge in [-0.15, -0.1) is 0 Å². The standard InChI is InChI=1S/C22H17N3O4/c26-21(13-10-15-6-2-1-3-7-15)23-18-9-5-4-8-17(18)22-24-19-12-11-16(25(27)28)14-20(19)29-22/h1-9,11-12,14H,10,13H2,(H,23,26). The molecule has 0 saturated carbocycles. The van der Waals surface area contributed by atoms with Crippen molar-refractivity contribution in [2.24, 2.45) is 0 Å². The minimum absolute atomic E-state index is 0.0669. The van der Waals surface area contributed by atoms with E-state index in [1.54, 1.807) is 18.2 Å². The van der Waals surface area contributed by atoms with Crippen molar-refractivity contribution >= 4 is 28.4 Å². The zero-order chi connectivity index (χ0) is 20.2. The number of aryl methyl sites for hydroxylation is 1. The zero-order valence-corrected chi connectivity index (χ0v) is 15.4. The van der Waals surface area contributed by atoms with Crippen LogP contribution in [0, 0.1) is 10.1 Å². The Kier molecular flexibility index (Phi) is 5.03. The predicted octanol–water partition coefficient (Wildman–Crippen LogP) is 4.97. The van der Waals surface area contributed by atoms with Crippen LogP contribution in [0.3, 0.4) is 0 Å². The number of non-ortho nitro benzene ring substituents is 1. The van der Waals surface area contributed by atoms with Gasteiger partial charge in [0.15, 0.2) is 5.58 Å². The molecule has 4 aromatic rings. The maximum atomic E-state index is 12.4. The van der Waals surface area contributed by atoms with Gasteiger partial charge in [-0.2, -0.15) is 0 Å². The number of nitrogens with one attached hydrogen (secondary N) is 1. The smallest absolute Gasteiger partial charge is 0.273 e. The van der Waals surface area contributed by atoms with Gasteiger partial charge in [-0.3, -0.25) is 14.9 Å². The number of benzene rings is 3. The van der Waals surface area contributed by atoms with E-state index in [-0.39, 0.29) is 11.6 Å². The van der Waals surface area contributed by atoms with Gasteiger partial charge in [-0.05, 0) is 30.2 Å². The van der Waals surface area contributed by atoms with Crippen LogP contribution in [0.15, 0.2) is 77.2 Å². The molecule has 0 aliphatic heterocycles. The molecule has 144 valence electrons. The van der Waals surface area contributed by atoms with Gasteiger partial charge in [-0.25, -0.2) is 4.98 Å². The molecule has 0 atom stereocenters. The third-order valence-electron chi connectivity index (χ3n) is 4.50. The Morgan fingerprint density at radius 2 is 1.79 bits per heavy atom. The molecule has 7 nitrogen and oxygen atoms in total. The van der Waals surface area contributed by atoms with E-state index >= 15 is 0 Å². The average Bonchev–Trinajstić information content (AvgIpc) is 3.16. The van der Waals surface area contributed by atoms with Crippen molar-refractivity contribution in [3.8, 4) is 11.5 Å². The van der Waals surface area contributed by atoms with Crippen molar-refractivity contribution in [1.29, 1.82) is 0 Å². The van der Waals surface area contributed by atoms with Crippen molar-refractivity contribution in [2.75, 3.05) is 5.32 Å². The fraction of sp³-hybridized carbons (Fsp3) is 0.0909. The molecule has 0 radical (unpaired) electrons. The minimum Gasteiger partial charge on any atom is -0.436 e. The van der Waals surface area contributed by atoms with E-state index in [2.05, 4.69) is 10.3 Å². The van der Waals surface area contributed by atoms with Crippen molar-refractivity contribution in [3.05, 3.63) is 88.5 Å². The summed E-state index contributed by atoms with van der Waals surface area (Å²) in [7, 11) is 0. The number of hydrogen-bond acceptors (Lipinski definition) is 5. The number of carbonyl (C=O) groups is 1. The second kappa shape index (κ2) is 7.93. The molecule has 0 fully saturated rings. The summed E-state index contributed by atoms with van der Waals surface area (Å²) >= 11 is 0. The highest BCUT2D eigenvalue weighted by atomic mass is 16.6. The summed E-state index contributed by atoms with van der Waals surface area (Å²) in [4.78, 5) is 27.3. The fourth-order valence-electron chi connectivity index (χ4n) is 3.04. The number of nitro benzene ring substituents is 1. The van der Waals surface area contributed by atoms with E-state index in [0.717, 1.165) is 5.56 Å². The number of nitro groups is 1. The lowest BCUT2D eigenvalue weighted by Gasteiger charge is -2.09. The van der Waals surface area contributed by atoms with Gasteiger partial charge in [0.2, 0.25) is 11.8 Å². The van der Waals surface area contributed by atoms with Crippen LogP contribution in [-0.4, -0.2) is 15.8 Å². The Morgan fingerprint density at radius 1 is 1.03 bits per heavy atom. The van der Waals surface area contributed by atoms with Crippen LogP contribution in [0.25, 0.3) is 22.6 Å². The molecule has 1 heterocycles. The summed E-state index contributed by atoms with van der Waals surface area (Å²) in [5.74, 6) is 0.174. The second-order valence-corrected chi connectivity index (χ2v) is 6.51. The Hall–Kier alpha value is -4.00. The summed E-state index contributed by atoms with van der Waals surface area (Å²) in [6.07, 6.45) is 0.986. The summed E-state index contributed by atoms with van der Waals surface area (Å²) in [6.45, 7) is 0. The quantitative estimate of drug-likeness (QED) is 0.372. The Balaban J connectivity index is 1.56. The van der Waals surface area contributed by atoms with Gasteiger partial charge < -0.3 is 9.73 Å². The van der Waals surface area contributed by atoms with Gasteiger partial charge in [0.25, 0.3) is 5.69 Å².